The van der Waals surface area contributed by atoms with E-state index in [1.165, 1.54) is 25.0 Å². The number of aryl methyl sites for hydroxylation is 1. The van der Waals surface area contributed by atoms with E-state index in [0.29, 0.717) is 10.8 Å². The summed E-state index contributed by atoms with van der Waals surface area (Å²) >= 11 is 5.42. The summed E-state index contributed by atoms with van der Waals surface area (Å²) in [6.45, 7) is 2.69. The fraction of sp³-hybridized carbons (Fsp3) is 0.538. The second kappa shape index (κ2) is 6.61. The van der Waals surface area contributed by atoms with Crippen molar-refractivity contribution in [2.75, 3.05) is 17.6 Å². The Hall–Kier alpha value is -0.750. The number of thioether (sulfide) groups is 1. The van der Waals surface area contributed by atoms with Gasteiger partial charge in [-0.1, -0.05) is 6.42 Å². The minimum atomic E-state index is -0.346. The van der Waals surface area contributed by atoms with E-state index in [9.17, 15) is 10.1 Å². The summed E-state index contributed by atoms with van der Waals surface area (Å²) in [4.78, 5) is 10.5. The average Bonchev–Trinajstić information content (AvgIpc) is 2.40. The minimum Gasteiger partial charge on any atom is -0.383 e. The molecule has 1 atom stereocenters. The van der Waals surface area contributed by atoms with E-state index in [0.717, 1.165) is 16.7 Å². The van der Waals surface area contributed by atoms with Crippen molar-refractivity contribution < 1.29 is 4.92 Å². The zero-order chi connectivity index (χ0) is 13.8. The molecule has 0 amide bonds. The molecule has 1 aromatic rings. The lowest BCUT2D eigenvalue weighted by Gasteiger charge is -2.22. The van der Waals surface area contributed by atoms with Gasteiger partial charge in [-0.2, -0.15) is 11.8 Å². The quantitative estimate of drug-likeness (QED) is 0.651. The van der Waals surface area contributed by atoms with Crippen molar-refractivity contribution in [1.29, 1.82) is 0 Å². The molecule has 0 aromatic heterocycles. The van der Waals surface area contributed by atoms with Crippen molar-refractivity contribution in [1.82, 2.24) is 0 Å². The van der Waals surface area contributed by atoms with Crippen LogP contribution in [0.15, 0.2) is 16.6 Å². The lowest BCUT2D eigenvalue weighted by molar-refractivity contribution is -0.385. The molecule has 6 heteroatoms. The number of hydrogen-bond donors (Lipinski definition) is 1. The predicted molar refractivity (Wildman–Crippen MR) is 84.1 cm³/mol. The zero-order valence-electron chi connectivity index (χ0n) is 10.8. The van der Waals surface area contributed by atoms with Crippen molar-refractivity contribution in [3.05, 3.63) is 32.3 Å². The number of benzene rings is 1. The van der Waals surface area contributed by atoms with E-state index in [-0.39, 0.29) is 10.6 Å². The lowest BCUT2D eigenvalue weighted by Crippen LogP contribution is -2.20. The summed E-state index contributed by atoms with van der Waals surface area (Å²) < 4.78 is 0.755. The van der Waals surface area contributed by atoms with Gasteiger partial charge >= 0.3 is 0 Å². The second-order valence-electron chi connectivity index (χ2n) is 4.75. The van der Waals surface area contributed by atoms with Crippen molar-refractivity contribution in [3.63, 3.8) is 0 Å². The van der Waals surface area contributed by atoms with Crippen LogP contribution in [0.5, 0.6) is 0 Å². The molecule has 1 aliphatic rings. The van der Waals surface area contributed by atoms with Crippen LogP contribution >= 0.6 is 27.7 Å². The first-order valence-electron chi connectivity index (χ1n) is 6.38. The summed E-state index contributed by atoms with van der Waals surface area (Å²) in [5.41, 5.74) is 1.78. The van der Waals surface area contributed by atoms with Gasteiger partial charge in [-0.15, -0.1) is 0 Å². The van der Waals surface area contributed by atoms with Gasteiger partial charge in [0.25, 0.3) is 5.69 Å². The Labute approximate surface area is 125 Å². The number of hydrogen-bond acceptors (Lipinski definition) is 4. The van der Waals surface area contributed by atoms with Crippen LogP contribution in [0.1, 0.15) is 24.8 Å². The predicted octanol–water partition coefficient (Wildman–Crippen LogP) is 4.36. The fourth-order valence-electron chi connectivity index (χ4n) is 2.20. The van der Waals surface area contributed by atoms with Crippen LogP contribution in [0.2, 0.25) is 0 Å². The molecule has 0 saturated carbocycles. The second-order valence-corrected chi connectivity index (χ2v) is 7.01. The fourth-order valence-corrected chi connectivity index (χ4v) is 3.91. The zero-order valence-corrected chi connectivity index (χ0v) is 13.2. The Bertz CT molecular complexity index is 476. The van der Waals surface area contributed by atoms with Crippen molar-refractivity contribution in [2.24, 2.45) is 0 Å². The van der Waals surface area contributed by atoms with E-state index in [1.54, 1.807) is 13.0 Å². The first kappa shape index (κ1) is 14.7. The highest BCUT2D eigenvalue weighted by Crippen LogP contribution is 2.32. The molecule has 0 aliphatic carbocycles. The molecule has 1 saturated heterocycles. The van der Waals surface area contributed by atoms with Crippen LogP contribution in [0.3, 0.4) is 0 Å². The molecule has 0 radical (unpaired) electrons. The van der Waals surface area contributed by atoms with Gasteiger partial charge in [-0.3, -0.25) is 10.1 Å². The Morgan fingerprint density at radius 3 is 2.95 bits per heavy atom. The number of nitro benzene ring substituents is 1. The third kappa shape index (κ3) is 3.86. The number of rotatable bonds is 4. The smallest absolute Gasteiger partial charge is 0.273 e. The number of halogens is 1. The first-order valence-corrected chi connectivity index (χ1v) is 8.22. The van der Waals surface area contributed by atoms with Crippen LogP contribution in [0, 0.1) is 17.0 Å². The largest absolute Gasteiger partial charge is 0.383 e. The van der Waals surface area contributed by atoms with Crippen LogP contribution in [-0.4, -0.2) is 22.5 Å². The van der Waals surface area contributed by atoms with Gasteiger partial charge in [0.15, 0.2) is 0 Å². The highest BCUT2D eigenvalue weighted by molar-refractivity contribution is 9.10. The van der Waals surface area contributed by atoms with E-state index in [1.807, 2.05) is 17.8 Å². The molecule has 1 N–H and O–H groups in total. The lowest BCUT2D eigenvalue weighted by atomic mass is 10.1. The summed E-state index contributed by atoms with van der Waals surface area (Å²) in [6, 6.07) is 3.42. The highest BCUT2D eigenvalue weighted by Gasteiger charge is 2.16. The topological polar surface area (TPSA) is 55.2 Å². The van der Waals surface area contributed by atoms with Crippen molar-refractivity contribution >= 4 is 39.1 Å². The van der Waals surface area contributed by atoms with Gasteiger partial charge in [0.2, 0.25) is 0 Å². The summed E-state index contributed by atoms with van der Waals surface area (Å²) in [6.07, 6.45) is 3.88. The molecule has 0 bridgehead atoms. The van der Waals surface area contributed by atoms with Crippen LogP contribution < -0.4 is 5.32 Å². The van der Waals surface area contributed by atoms with Crippen molar-refractivity contribution in [3.8, 4) is 0 Å². The minimum absolute atomic E-state index is 0.157. The summed E-state index contributed by atoms with van der Waals surface area (Å²) in [5, 5.41) is 14.9. The monoisotopic (exact) mass is 344 g/mol. The first-order chi connectivity index (χ1) is 9.08. The van der Waals surface area contributed by atoms with E-state index in [4.69, 9.17) is 0 Å². The number of anilines is 1. The normalized spacial score (nSPS) is 19.2. The average molecular weight is 345 g/mol. The SMILES string of the molecule is Cc1cc(NCC2CCCCS2)c(Br)cc1[N+](=O)[O-]. The maximum absolute atomic E-state index is 10.9. The Balaban J connectivity index is 2.04. The summed E-state index contributed by atoms with van der Waals surface area (Å²) in [7, 11) is 0. The molecule has 1 fully saturated rings. The number of nitrogens with zero attached hydrogens (tertiary/aromatic N) is 1. The van der Waals surface area contributed by atoms with Crippen LogP contribution in [-0.2, 0) is 0 Å². The van der Waals surface area contributed by atoms with Crippen LogP contribution in [0.4, 0.5) is 11.4 Å². The molecule has 1 unspecified atom stereocenters. The molecular weight excluding hydrogens is 328 g/mol. The van der Waals surface area contributed by atoms with Gasteiger partial charge in [0, 0.05) is 33.6 Å². The molecule has 1 aliphatic heterocycles. The molecule has 1 aromatic carbocycles. The Morgan fingerprint density at radius 1 is 1.53 bits per heavy atom. The van der Waals surface area contributed by atoms with Gasteiger partial charge in [-0.25, -0.2) is 0 Å². The molecule has 4 nitrogen and oxygen atoms in total. The number of nitrogens with one attached hydrogen (secondary N) is 1. The van der Waals surface area contributed by atoms with E-state index in [2.05, 4.69) is 21.2 Å². The Kier molecular flexibility index (Phi) is 5.10. The molecule has 1 heterocycles. The Morgan fingerprint density at radius 2 is 2.32 bits per heavy atom. The van der Waals surface area contributed by atoms with E-state index < -0.39 is 0 Å². The molecule has 2 rings (SSSR count). The standard InChI is InChI=1S/C13H17BrN2O2S/c1-9-6-12(11(14)7-13(9)16(17)18)15-8-10-4-2-3-5-19-10/h6-7,10,15H,2-5,8H2,1H3. The van der Waals surface area contributed by atoms with Gasteiger partial charge in [0.05, 0.1) is 4.92 Å². The molecule has 0 spiro atoms. The molecule has 19 heavy (non-hydrogen) atoms. The highest BCUT2D eigenvalue weighted by atomic mass is 79.9. The number of nitro groups is 1. The third-order valence-electron chi connectivity index (χ3n) is 3.28. The van der Waals surface area contributed by atoms with Gasteiger partial charge in [-0.05, 0) is 47.5 Å². The molecule has 104 valence electrons. The maximum atomic E-state index is 10.9. The van der Waals surface area contributed by atoms with E-state index >= 15 is 0 Å². The van der Waals surface area contributed by atoms with Crippen LogP contribution in [0.25, 0.3) is 0 Å². The van der Waals surface area contributed by atoms with Gasteiger partial charge < -0.3 is 5.32 Å². The van der Waals surface area contributed by atoms with Crippen molar-refractivity contribution in [2.45, 2.75) is 31.4 Å². The summed E-state index contributed by atoms with van der Waals surface area (Å²) in [5.74, 6) is 1.24. The maximum Gasteiger partial charge on any atom is 0.273 e. The molecular formula is C13H17BrN2O2S. The third-order valence-corrected chi connectivity index (χ3v) is 5.33. The van der Waals surface area contributed by atoms with Gasteiger partial charge in [0.1, 0.15) is 0 Å².